The third kappa shape index (κ3) is 1.60. The summed E-state index contributed by atoms with van der Waals surface area (Å²) in [6.45, 7) is 4.32. The zero-order chi connectivity index (χ0) is 10.1. The maximum atomic E-state index is 5.17. The largest absolute Gasteiger partial charge is 0.497 e. The Kier molecular flexibility index (Phi) is 2.42. The van der Waals surface area contributed by atoms with Crippen molar-refractivity contribution in [2.45, 2.75) is 19.8 Å². The highest BCUT2D eigenvalue weighted by atomic mass is 32.1. The lowest BCUT2D eigenvalue weighted by Crippen LogP contribution is -1.83. The van der Waals surface area contributed by atoms with Crippen molar-refractivity contribution in [1.29, 1.82) is 0 Å². The van der Waals surface area contributed by atoms with E-state index in [-0.39, 0.29) is 0 Å². The molecule has 0 saturated heterocycles. The van der Waals surface area contributed by atoms with Gasteiger partial charge in [0.05, 0.1) is 22.3 Å². The van der Waals surface area contributed by atoms with Crippen molar-refractivity contribution in [1.82, 2.24) is 4.98 Å². The van der Waals surface area contributed by atoms with Gasteiger partial charge in [-0.15, -0.1) is 11.3 Å². The first kappa shape index (κ1) is 9.46. The number of hydrogen-bond acceptors (Lipinski definition) is 3. The first-order valence-electron chi connectivity index (χ1n) is 4.65. The molecule has 0 amide bonds. The van der Waals surface area contributed by atoms with Crippen molar-refractivity contribution in [3.05, 3.63) is 23.2 Å². The van der Waals surface area contributed by atoms with E-state index in [1.807, 2.05) is 18.2 Å². The Morgan fingerprint density at radius 2 is 2.14 bits per heavy atom. The minimum absolute atomic E-state index is 0.499. The van der Waals surface area contributed by atoms with Crippen LogP contribution in [-0.4, -0.2) is 12.1 Å². The van der Waals surface area contributed by atoms with Crippen LogP contribution in [0.3, 0.4) is 0 Å². The van der Waals surface area contributed by atoms with Crippen LogP contribution in [0.2, 0.25) is 0 Å². The normalized spacial score (nSPS) is 11.1. The van der Waals surface area contributed by atoms with Gasteiger partial charge in [0.2, 0.25) is 0 Å². The summed E-state index contributed by atoms with van der Waals surface area (Å²) in [4.78, 5) is 4.55. The van der Waals surface area contributed by atoms with Gasteiger partial charge in [-0.2, -0.15) is 0 Å². The van der Waals surface area contributed by atoms with E-state index >= 15 is 0 Å². The van der Waals surface area contributed by atoms with Gasteiger partial charge in [-0.1, -0.05) is 13.8 Å². The Labute approximate surface area is 87.5 Å². The van der Waals surface area contributed by atoms with E-state index in [1.54, 1.807) is 18.4 Å². The number of ether oxygens (including phenoxy) is 1. The quantitative estimate of drug-likeness (QED) is 0.752. The predicted octanol–water partition coefficient (Wildman–Crippen LogP) is 3.43. The summed E-state index contributed by atoms with van der Waals surface area (Å²) in [6.07, 6.45) is 0. The first-order valence-corrected chi connectivity index (χ1v) is 5.47. The summed E-state index contributed by atoms with van der Waals surface area (Å²) >= 11 is 1.74. The molecule has 0 radical (unpaired) electrons. The zero-order valence-electron chi connectivity index (χ0n) is 8.57. The Morgan fingerprint density at radius 1 is 1.36 bits per heavy atom. The maximum absolute atomic E-state index is 5.17. The monoisotopic (exact) mass is 207 g/mol. The molecule has 0 fully saturated rings. The zero-order valence-corrected chi connectivity index (χ0v) is 9.39. The number of nitrogens with zero attached hydrogens (tertiary/aromatic N) is 1. The maximum Gasteiger partial charge on any atom is 0.120 e. The molecule has 0 spiro atoms. The standard InChI is InChI=1S/C11H13NOS/c1-7(2)11-12-9-5-4-8(13-3)6-10(9)14-11/h4-7H,1-3H3. The van der Waals surface area contributed by atoms with E-state index in [9.17, 15) is 0 Å². The summed E-state index contributed by atoms with van der Waals surface area (Å²) in [5, 5.41) is 1.19. The van der Waals surface area contributed by atoms with E-state index in [2.05, 4.69) is 18.8 Å². The van der Waals surface area contributed by atoms with Gasteiger partial charge in [-0.05, 0) is 18.2 Å². The Hall–Kier alpha value is -1.09. The van der Waals surface area contributed by atoms with E-state index in [0.717, 1.165) is 11.3 Å². The molecule has 1 aromatic heterocycles. The molecule has 0 saturated carbocycles. The highest BCUT2D eigenvalue weighted by Gasteiger charge is 2.07. The minimum atomic E-state index is 0.499. The molecule has 0 bridgehead atoms. The van der Waals surface area contributed by atoms with Crippen LogP contribution in [0.15, 0.2) is 18.2 Å². The van der Waals surface area contributed by atoms with Gasteiger partial charge in [0.15, 0.2) is 0 Å². The molecule has 2 nitrogen and oxygen atoms in total. The van der Waals surface area contributed by atoms with Crippen LogP contribution in [0, 0.1) is 0 Å². The molecule has 3 heteroatoms. The van der Waals surface area contributed by atoms with Crippen LogP contribution in [0.1, 0.15) is 24.8 Å². The van der Waals surface area contributed by atoms with E-state index in [4.69, 9.17) is 4.74 Å². The van der Waals surface area contributed by atoms with Gasteiger partial charge in [0, 0.05) is 5.92 Å². The van der Waals surface area contributed by atoms with Gasteiger partial charge in [0.25, 0.3) is 0 Å². The van der Waals surface area contributed by atoms with Gasteiger partial charge in [0.1, 0.15) is 5.75 Å². The van der Waals surface area contributed by atoms with Crippen LogP contribution in [0.5, 0.6) is 5.75 Å². The highest BCUT2D eigenvalue weighted by Crippen LogP contribution is 2.29. The van der Waals surface area contributed by atoms with E-state index in [0.29, 0.717) is 5.92 Å². The molecule has 0 atom stereocenters. The molecular formula is C11H13NOS. The number of rotatable bonds is 2. The number of methoxy groups -OCH3 is 1. The van der Waals surface area contributed by atoms with Crippen LogP contribution in [0.25, 0.3) is 10.2 Å². The molecule has 0 aliphatic rings. The third-order valence-corrected chi connectivity index (χ3v) is 3.42. The van der Waals surface area contributed by atoms with Crippen LogP contribution in [0.4, 0.5) is 0 Å². The van der Waals surface area contributed by atoms with E-state index in [1.165, 1.54) is 9.71 Å². The van der Waals surface area contributed by atoms with Crippen molar-refractivity contribution in [2.24, 2.45) is 0 Å². The fourth-order valence-electron chi connectivity index (χ4n) is 1.30. The number of fused-ring (bicyclic) bond motifs is 1. The SMILES string of the molecule is COc1ccc2nc(C(C)C)sc2c1. The van der Waals surface area contributed by atoms with Gasteiger partial charge < -0.3 is 4.74 Å². The topological polar surface area (TPSA) is 22.1 Å². The molecule has 2 rings (SSSR count). The Morgan fingerprint density at radius 3 is 2.79 bits per heavy atom. The molecule has 0 unspecified atom stereocenters. The van der Waals surface area contributed by atoms with Crippen LogP contribution >= 0.6 is 11.3 Å². The Balaban J connectivity index is 2.54. The average molecular weight is 207 g/mol. The molecule has 0 N–H and O–H groups in total. The summed E-state index contributed by atoms with van der Waals surface area (Å²) in [5.74, 6) is 1.40. The minimum Gasteiger partial charge on any atom is -0.497 e. The van der Waals surface area contributed by atoms with Crippen LogP contribution in [-0.2, 0) is 0 Å². The molecule has 1 heterocycles. The summed E-state index contributed by atoms with van der Waals surface area (Å²) in [7, 11) is 1.69. The molecule has 74 valence electrons. The number of benzene rings is 1. The van der Waals surface area contributed by atoms with Crippen molar-refractivity contribution in [2.75, 3.05) is 7.11 Å². The van der Waals surface area contributed by atoms with Gasteiger partial charge in [-0.25, -0.2) is 4.98 Å². The summed E-state index contributed by atoms with van der Waals surface area (Å²) < 4.78 is 6.37. The molecule has 0 aliphatic heterocycles. The number of hydrogen-bond donors (Lipinski definition) is 0. The van der Waals surface area contributed by atoms with E-state index < -0.39 is 0 Å². The molecular weight excluding hydrogens is 194 g/mol. The summed E-state index contributed by atoms with van der Waals surface area (Å²) in [6, 6.07) is 6.00. The average Bonchev–Trinajstić information content (AvgIpc) is 2.59. The second-order valence-corrected chi connectivity index (χ2v) is 4.60. The second-order valence-electron chi connectivity index (χ2n) is 3.54. The predicted molar refractivity (Wildman–Crippen MR) is 60.3 cm³/mol. The highest BCUT2D eigenvalue weighted by molar-refractivity contribution is 7.18. The van der Waals surface area contributed by atoms with Crippen molar-refractivity contribution >= 4 is 21.6 Å². The van der Waals surface area contributed by atoms with Crippen LogP contribution < -0.4 is 4.74 Å². The second kappa shape index (κ2) is 3.58. The first-order chi connectivity index (χ1) is 6.70. The molecule has 0 aliphatic carbocycles. The van der Waals surface area contributed by atoms with Crippen molar-refractivity contribution in [3.63, 3.8) is 0 Å². The molecule has 1 aromatic carbocycles. The number of aromatic nitrogens is 1. The lowest BCUT2D eigenvalue weighted by molar-refractivity contribution is 0.415. The molecule has 14 heavy (non-hydrogen) atoms. The van der Waals surface area contributed by atoms with Crippen molar-refractivity contribution in [3.8, 4) is 5.75 Å². The third-order valence-electron chi connectivity index (χ3n) is 2.11. The van der Waals surface area contributed by atoms with Crippen molar-refractivity contribution < 1.29 is 4.74 Å². The lowest BCUT2D eigenvalue weighted by Gasteiger charge is -1.96. The fourth-order valence-corrected chi connectivity index (χ4v) is 2.30. The lowest BCUT2D eigenvalue weighted by atomic mass is 10.2. The number of thiazole rings is 1. The summed E-state index contributed by atoms with van der Waals surface area (Å²) in [5.41, 5.74) is 1.07. The van der Waals surface area contributed by atoms with Gasteiger partial charge in [-0.3, -0.25) is 0 Å². The Bertz CT molecular complexity index is 447. The fraction of sp³-hybridized carbons (Fsp3) is 0.364. The smallest absolute Gasteiger partial charge is 0.120 e. The van der Waals surface area contributed by atoms with Gasteiger partial charge >= 0.3 is 0 Å². The molecule has 2 aromatic rings.